The van der Waals surface area contributed by atoms with Gasteiger partial charge in [-0.1, -0.05) is 66.7 Å². The summed E-state index contributed by atoms with van der Waals surface area (Å²) in [6.07, 6.45) is 0. The van der Waals surface area contributed by atoms with E-state index in [2.05, 4.69) is 41.0 Å². The van der Waals surface area contributed by atoms with E-state index < -0.39 is 0 Å². The maximum atomic E-state index is 12.9. The summed E-state index contributed by atoms with van der Waals surface area (Å²) in [6.45, 7) is 0. The minimum Gasteiger partial charge on any atom is -0.309 e. The third kappa shape index (κ3) is 2.54. The van der Waals surface area contributed by atoms with E-state index in [0.717, 1.165) is 27.5 Å². The Morgan fingerprint density at radius 1 is 0.481 bits per heavy atom. The predicted octanol–water partition coefficient (Wildman–Crippen LogP) is 5.81. The van der Waals surface area contributed by atoms with Gasteiger partial charge in [-0.15, -0.1) is 0 Å². The average molecular weight is 347 g/mol. The van der Waals surface area contributed by atoms with E-state index in [1.807, 2.05) is 66.7 Å². The minimum absolute atomic E-state index is 0.0818. The molecular formula is C25H17NO. The molecule has 0 saturated carbocycles. The Hall–Kier alpha value is -3.65. The SMILES string of the molecule is O=c1c2ccccc2n(-c2ccc(-c3ccccc3)cc2)c2ccccc12. The van der Waals surface area contributed by atoms with E-state index in [9.17, 15) is 4.79 Å². The van der Waals surface area contributed by atoms with Crippen molar-refractivity contribution < 1.29 is 0 Å². The lowest BCUT2D eigenvalue weighted by molar-refractivity contribution is 1.16. The van der Waals surface area contributed by atoms with Crippen LogP contribution in [0, 0.1) is 0 Å². The quantitative estimate of drug-likeness (QED) is 0.369. The first-order chi connectivity index (χ1) is 13.3. The summed E-state index contributed by atoms with van der Waals surface area (Å²) < 4.78 is 2.17. The van der Waals surface area contributed by atoms with Crippen LogP contribution in [0.2, 0.25) is 0 Å². The zero-order valence-electron chi connectivity index (χ0n) is 14.7. The van der Waals surface area contributed by atoms with Crippen LogP contribution in [-0.4, -0.2) is 4.57 Å². The molecule has 5 aromatic rings. The van der Waals surface area contributed by atoms with Gasteiger partial charge in [0.15, 0.2) is 5.43 Å². The highest BCUT2D eigenvalue weighted by Gasteiger charge is 2.11. The van der Waals surface area contributed by atoms with Crippen molar-refractivity contribution in [1.29, 1.82) is 0 Å². The number of hydrogen-bond donors (Lipinski definition) is 0. The van der Waals surface area contributed by atoms with Crippen LogP contribution >= 0.6 is 0 Å². The molecule has 0 fully saturated rings. The van der Waals surface area contributed by atoms with E-state index >= 15 is 0 Å². The second-order valence-electron chi connectivity index (χ2n) is 6.61. The van der Waals surface area contributed by atoms with Crippen molar-refractivity contribution in [1.82, 2.24) is 4.57 Å². The molecule has 0 N–H and O–H groups in total. The number of para-hydroxylation sites is 2. The first kappa shape index (κ1) is 15.6. The summed E-state index contributed by atoms with van der Waals surface area (Å²) in [4.78, 5) is 12.9. The van der Waals surface area contributed by atoms with Gasteiger partial charge in [0.25, 0.3) is 0 Å². The molecule has 4 aromatic carbocycles. The Labute approximate surface area is 157 Å². The maximum absolute atomic E-state index is 12.9. The van der Waals surface area contributed by atoms with Crippen molar-refractivity contribution in [3.05, 3.63) is 113 Å². The van der Waals surface area contributed by atoms with Crippen LogP contribution in [0.4, 0.5) is 0 Å². The van der Waals surface area contributed by atoms with E-state index in [4.69, 9.17) is 0 Å². The first-order valence-corrected chi connectivity index (χ1v) is 9.01. The van der Waals surface area contributed by atoms with Crippen LogP contribution < -0.4 is 5.43 Å². The number of aromatic nitrogens is 1. The Morgan fingerprint density at radius 2 is 0.963 bits per heavy atom. The molecule has 0 saturated heterocycles. The van der Waals surface area contributed by atoms with E-state index in [-0.39, 0.29) is 5.43 Å². The molecule has 0 amide bonds. The Kier molecular flexibility index (Phi) is 3.61. The van der Waals surface area contributed by atoms with Crippen molar-refractivity contribution in [2.45, 2.75) is 0 Å². The molecule has 0 spiro atoms. The lowest BCUT2D eigenvalue weighted by atomic mass is 10.0. The summed E-state index contributed by atoms with van der Waals surface area (Å²) in [5, 5.41) is 1.48. The minimum atomic E-state index is 0.0818. The monoisotopic (exact) mass is 347 g/mol. The number of hydrogen-bond acceptors (Lipinski definition) is 1. The topological polar surface area (TPSA) is 22.0 Å². The number of benzene rings is 4. The molecule has 0 aliphatic carbocycles. The molecule has 2 nitrogen and oxygen atoms in total. The average Bonchev–Trinajstić information content (AvgIpc) is 2.75. The van der Waals surface area contributed by atoms with Gasteiger partial charge in [0, 0.05) is 16.5 Å². The summed E-state index contributed by atoms with van der Waals surface area (Å²) in [6, 6.07) is 34.4. The molecule has 2 heteroatoms. The van der Waals surface area contributed by atoms with Gasteiger partial charge in [0.2, 0.25) is 0 Å². The third-order valence-corrected chi connectivity index (χ3v) is 5.01. The molecule has 0 unspecified atom stereocenters. The van der Waals surface area contributed by atoms with Crippen molar-refractivity contribution in [2.75, 3.05) is 0 Å². The Bertz CT molecular complexity index is 1260. The molecule has 0 aliphatic rings. The predicted molar refractivity (Wildman–Crippen MR) is 112 cm³/mol. The van der Waals surface area contributed by atoms with E-state index in [1.54, 1.807) is 0 Å². The van der Waals surface area contributed by atoms with Gasteiger partial charge in [-0.2, -0.15) is 0 Å². The van der Waals surface area contributed by atoms with Crippen LogP contribution in [0.3, 0.4) is 0 Å². The second-order valence-corrected chi connectivity index (χ2v) is 6.61. The molecule has 27 heavy (non-hydrogen) atoms. The van der Waals surface area contributed by atoms with Crippen molar-refractivity contribution >= 4 is 21.8 Å². The normalized spacial score (nSPS) is 11.1. The van der Waals surface area contributed by atoms with Crippen molar-refractivity contribution in [2.24, 2.45) is 0 Å². The fourth-order valence-corrected chi connectivity index (χ4v) is 3.71. The maximum Gasteiger partial charge on any atom is 0.197 e. The molecule has 0 aliphatic heterocycles. The standard InChI is InChI=1S/C25H17NO/c27-25-21-10-4-6-12-23(21)26(24-13-7-5-11-22(24)25)20-16-14-19(15-17-20)18-8-2-1-3-9-18/h1-17H. The van der Waals surface area contributed by atoms with Gasteiger partial charge in [-0.05, 0) is 47.5 Å². The van der Waals surface area contributed by atoms with Gasteiger partial charge in [0.05, 0.1) is 11.0 Å². The molecule has 0 bridgehead atoms. The Balaban J connectivity index is 1.79. The number of pyridine rings is 1. The van der Waals surface area contributed by atoms with Gasteiger partial charge in [0.1, 0.15) is 0 Å². The highest BCUT2D eigenvalue weighted by molar-refractivity contribution is 5.95. The summed E-state index contributed by atoms with van der Waals surface area (Å²) >= 11 is 0. The molecule has 1 aromatic heterocycles. The smallest absolute Gasteiger partial charge is 0.197 e. The molecule has 128 valence electrons. The van der Waals surface area contributed by atoms with Crippen LogP contribution in [0.15, 0.2) is 108 Å². The molecule has 5 rings (SSSR count). The fraction of sp³-hybridized carbons (Fsp3) is 0. The van der Waals surface area contributed by atoms with Crippen LogP contribution in [0.5, 0.6) is 0 Å². The zero-order valence-corrected chi connectivity index (χ0v) is 14.7. The van der Waals surface area contributed by atoms with Crippen LogP contribution in [-0.2, 0) is 0 Å². The van der Waals surface area contributed by atoms with Crippen LogP contribution in [0.25, 0.3) is 38.6 Å². The van der Waals surface area contributed by atoms with E-state index in [0.29, 0.717) is 0 Å². The van der Waals surface area contributed by atoms with Gasteiger partial charge in [-0.25, -0.2) is 0 Å². The fourth-order valence-electron chi connectivity index (χ4n) is 3.71. The van der Waals surface area contributed by atoms with Gasteiger partial charge >= 0.3 is 0 Å². The highest BCUT2D eigenvalue weighted by atomic mass is 16.1. The lowest BCUT2D eigenvalue weighted by Gasteiger charge is -2.15. The first-order valence-electron chi connectivity index (χ1n) is 9.01. The van der Waals surface area contributed by atoms with Crippen LogP contribution in [0.1, 0.15) is 0 Å². The molecular weight excluding hydrogens is 330 g/mol. The number of fused-ring (bicyclic) bond motifs is 2. The molecule has 1 heterocycles. The number of nitrogens with zero attached hydrogens (tertiary/aromatic N) is 1. The second kappa shape index (κ2) is 6.26. The molecule has 0 atom stereocenters. The number of rotatable bonds is 2. The zero-order chi connectivity index (χ0) is 18.2. The summed E-state index contributed by atoms with van der Waals surface area (Å²) in [7, 11) is 0. The van der Waals surface area contributed by atoms with E-state index in [1.165, 1.54) is 11.1 Å². The third-order valence-electron chi connectivity index (χ3n) is 5.01. The van der Waals surface area contributed by atoms with Crippen molar-refractivity contribution in [3.8, 4) is 16.8 Å². The summed E-state index contributed by atoms with van der Waals surface area (Å²) in [5.41, 5.74) is 5.34. The van der Waals surface area contributed by atoms with Gasteiger partial charge in [-0.3, -0.25) is 4.79 Å². The van der Waals surface area contributed by atoms with Crippen molar-refractivity contribution in [3.63, 3.8) is 0 Å². The lowest BCUT2D eigenvalue weighted by Crippen LogP contribution is -2.10. The largest absolute Gasteiger partial charge is 0.309 e. The summed E-state index contributed by atoms with van der Waals surface area (Å²) in [5.74, 6) is 0. The van der Waals surface area contributed by atoms with Gasteiger partial charge < -0.3 is 4.57 Å². The molecule has 0 radical (unpaired) electrons. The highest BCUT2D eigenvalue weighted by Crippen LogP contribution is 2.26. The Morgan fingerprint density at radius 3 is 1.56 bits per heavy atom.